The summed E-state index contributed by atoms with van der Waals surface area (Å²) in [5.74, 6) is 0.319. The van der Waals surface area contributed by atoms with Crippen molar-refractivity contribution in [2.75, 3.05) is 30.9 Å². The summed E-state index contributed by atoms with van der Waals surface area (Å²) in [4.78, 5) is 13.8. The number of nitrogens with zero attached hydrogens (tertiary/aromatic N) is 2. The number of ether oxygens (including phenoxy) is 1. The van der Waals surface area contributed by atoms with Crippen LogP contribution >= 0.6 is 0 Å². The average Bonchev–Trinajstić information content (AvgIpc) is 2.54. The maximum atomic E-state index is 11.8. The Morgan fingerprint density at radius 1 is 1.14 bits per heavy atom. The molecule has 0 saturated heterocycles. The smallest absolute Gasteiger partial charge is 0.262 e. The first-order chi connectivity index (χ1) is 10.6. The molecule has 5 nitrogen and oxygen atoms in total. The summed E-state index contributed by atoms with van der Waals surface area (Å²) in [5, 5.41) is 11.5. The van der Waals surface area contributed by atoms with Gasteiger partial charge in [-0.25, -0.2) is 0 Å². The molecule has 0 fully saturated rings. The van der Waals surface area contributed by atoms with Crippen LogP contribution in [0.5, 0.6) is 5.75 Å². The summed E-state index contributed by atoms with van der Waals surface area (Å²) >= 11 is 0. The maximum Gasteiger partial charge on any atom is 0.262 e. The highest BCUT2D eigenvalue weighted by atomic mass is 16.5. The van der Waals surface area contributed by atoms with Gasteiger partial charge in [-0.1, -0.05) is 0 Å². The van der Waals surface area contributed by atoms with Crippen molar-refractivity contribution in [3.05, 3.63) is 54.1 Å². The van der Waals surface area contributed by atoms with Gasteiger partial charge >= 0.3 is 0 Å². The van der Waals surface area contributed by atoms with E-state index in [-0.39, 0.29) is 12.5 Å². The van der Waals surface area contributed by atoms with Gasteiger partial charge in [0, 0.05) is 25.5 Å². The van der Waals surface area contributed by atoms with Crippen LogP contribution in [-0.2, 0) is 4.79 Å². The minimum absolute atomic E-state index is 0.0820. The van der Waals surface area contributed by atoms with Crippen molar-refractivity contribution in [2.24, 2.45) is 0 Å². The molecular weight excluding hydrogens is 278 g/mol. The number of nitriles is 1. The van der Waals surface area contributed by atoms with Gasteiger partial charge in [0.1, 0.15) is 5.75 Å². The largest absolute Gasteiger partial charge is 0.484 e. The van der Waals surface area contributed by atoms with Gasteiger partial charge in [0.05, 0.1) is 11.6 Å². The van der Waals surface area contributed by atoms with Crippen molar-refractivity contribution in [1.29, 1.82) is 5.26 Å². The third kappa shape index (κ3) is 4.25. The molecule has 0 atom stereocenters. The summed E-state index contributed by atoms with van der Waals surface area (Å²) in [5.41, 5.74) is 2.34. The molecule has 0 aliphatic carbocycles. The summed E-state index contributed by atoms with van der Waals surface area (Å²) < 4.78 is 5.37. The highest BCUT2D eigenvalue weighted by Gasteiger charge is 2.04. The van der Waals surface area contributed by atoms with Crippen LogP contribution in [-0.4, -0.2) is 26.6 Å². The molecule has 0 spiro atoms. The lowest BCUT2D eigenvalue weighted by atomic mass is 10.2. The van der Waals surface area contributed by atoms with E-state index in [4.69, 9.17) is 10.00 Å². The third-order valence-electron chi connectivity index (χ3n) is 3.02. The van der Waals surface area contributed by atoms with Gasteiger partial charge in [-0.3, -0.25) is 4.79 Å². The average molecular weight is 295 g/mol. The number of anilines is 2. The molecular formula is C17H17N3O2. The summed E-state index contributed by atoms with van der Waals surface area (Å²) in [6.45, 7) is -0.0820. The number of rotatable bonds is 5. The van der Waals surface area contributed by atoms with Gasteiger partial charge in [0.15, 0.2) is 6.61 Å². The molecule has 112 valence electrons. The third-order valence-corrected chi connectivity index (χ3v) is 3.02. The Morgan fingerprint density at radius 2 is 1.77 bits per heavy atom. The van der Waals surface area contributed by atoms with Crippen LogP contribution in [0.3, 0.4) is 0 Å². The number of carbonyl (C=O) groups excluding carboxylic acids is 1. The predicted octanol–water partition coefficient (Wildman–Crippen LogP) is 2.64. The van der Waals surface area contributed by atoms with Crippen molar-refractivity contribution in [3.8, 4) is 11.8 Å². The molecule has 0 heterocycles. The Morgan fingerprint density at radius 3 is 2.32 bits per heavy atom. The van der Waals surface area contributed by atoms with Gasteiger partial charge in [-0.15, -0.1) is 0 Å². The Balaban J connectivity index is 1.85. The molecule has 22 heavy (non-hydrogen) atoms. The zero-order valence-corrected chi connectivity index (χ0v) is 12.5. The first-order valence-electron chi connectivity index (χ1n) is 6.78. The van der Waals surface area contributed by atoms with E-state index >= 15 is 0 Å². The van der Waals surface area contributed by atoms with E-state index in [9.17, 15) is 4.79 Å². The highest BCUT2D eigenvalue weighted by Crippen LogP contribution is 2.16. The van der Waals surface area contributed by atoms with E-state index in [1.54, 1.807) is 24.3 Å². The molecule has 0 bridgehead atoms. The van der Waals surface area contributed by atoms with Crippen molar-refractivity contribution in [3.63, 3.8) is 0 Å². The Bertz CT molecular complexity index is 671. The van der Waals surface area contributed by atoms with Crippen LogP contribution in [0.25, 0.3) is 0 Å². The van der Waals surface area contributed by atoms with E-state index in [1.807, 2.05) is 49.3 Å². The van der Waals surface area contributed by atoms with E-state index in [0.717, 1.165) is 11.4 Å². The van der Waals surface area contributed by atoms with Gasteiger partial charge in [0.2, 0.25) is 0 Å². The van der Waals surface area contributed by atoms with Crippen LogP contribution in [0, 0.1) is 11.3 Å². The maximum absolute atomic E-state index is 11.8. The quantitative estimate of drug-likeness (QED) is 0.921. The number of benzene rings is 2. The monoisotopic (exact) mass is 295 g/mol. The van der Waals surface area contributed by atoms with Crippen molar-refractivity contribution >= 4 is 17.3 Å². The SMILES string of the molecule is CN(C)c1ccc(NC(=O)COc2ccc(C#N)cc2)cc1. The second kappa shape index (κ2) is 7.14. The molecule has 1 N–H and O–H groups in total. The van der Waals surface area contributed by atoms with Gasteiger partial charge in [0.25, 0.3) is 5.91 Å². The Kier molecular flexibility index (Phi) is 4.99. The molecule has 1 amide bonds. The topological polar surface area (TPSA) is 65.4 Å². The van der Waals surface area contributed by atoms with E-state index in [2.05, 4.69) is 5.32 Å². The molecule has 0 saturated carbocycles. The number of hydrogen-bond donors (Lipinski definition) is 1. The number of amides is 1. The predicted molar refractivity (Wildman–Crippen MR) is 86.1 cm³/mol. The van der Waals surface area contributed by atoms with E-state index < -0.39 is 0 Å². The summed E-state index contributed by atoms with van der Waals surface area (Å²) in [6.07, 6.45) is 0. The summed E-state index contributed by atoms with van der Waals surface area (Å²) in [7, 11) is 3.91. The second-order valence-corrected chi connectivity index (χ2v) is 4.91. The lowest BCUT2D eigenvalue weighted by Gasteiger charge is -2.13. The van der Waals surface area contributed by atoms with E-state index in [1.165, 1.54) is 0 Å². The number of nitrogens with one attached hydrogen (secondary N) is 1. The van der Waals surface area contributed by atoms with Crippen LogP contribution in [0.15, 0.2) is 48.5 Å². The number of carbonyl (C=O) groups is 1. The minimum Gasteiger partial charge on any atom is -0.484 e. The van der Waals surface area contributed by atoms with E-state index in [0.29, 0.717) is 11.3 Å². The van der Waals surface area contributed by atoms with Crippen LogP contribution in [0.1, 0.15) is 5.56 Å². The molecule has 0 unspecified atom stereocenters. The van der Waals surface area contributed by atoms with Crippen LogP contribution in [0.4, 0.5) is 11.4 Å². The molecule has 0 aliphatic rings. The molecule has 5 heteroatoms. The zero-order chi connectivity index (χ0) is 15.9. The second-order valence-electron chi connectivity index (χ2n) is 4.91. The molecule has 2 aromatic carbocycles. The van der Waals surface area contributed by atoms with Crippen molar-refractivity contribution in [2.45, 2.75) is 0 Å². The Labute approximate surface area is 129 Å². The molecule has 0 aromatic heterocycles. The van der Waals surface area contributed by atoms with Crippen LogP contribution < -0.4 is 15.0 Å². The van der Waals surface area contributed by atoms with Crippen molar-refractivity contribution in [1.82, 2.24) is 0 Å². The lowest BCUT2D eigenvalue weighted by Crippen LogP contribution is -2.20. The fourth-order valence-electron chi connectivity index (χ4n) is 1.81. The lowest BCUT2D eigenvalue weighted by molar-refractivity contribution is -0.118. The molecule has 2 aromatic rings. The molecule has 0 radical (unpaired) electrons. The van der Waals surface area contributed by atoms with Crippen molar-refractivity contribution < 1.29 is 9.53 Å². The first-order valence-corrected chi connectivity index (χ1v) is 6.78. The van der Waals surface area contributed by atoms with Gasteiger partial charge in [-0.2, -0.15) is 5.26 Å². The highest BCUT2D eigenvalue weighted by molar-refractivity contribution is 5.92. The summed E-state index contributed by atoms with van der Waals surface area (Å²) in [6, 6.07) is 16.2. The Hall–Kier alpha value is -3.00. The molecule has 0 aliphatic heterocycles. The minimum atomic E-state index is -0.234. The standard InChI is InChI=1S/C17H17N3O2/c1-20(2)15-7-5-14(6-8-15)19-17(21)12-22-16-9-3-13(11-18)4-10-16/h3-10H,12H2,1-2H3,(H,19,21). The number of hydrogen-bond acceptors (Lipinski definition) is 4. The fraction of sp³-hybridized carbons (Fsp3) is 0.176. The van der Waals surface area contributed by atoms with Gasteiger partial charge in [-0.05, 0) is 48.5 Å². The zero-order valence-electron chi connectivity index (χ0n) is 12.5. The molecule has 2 rings (SSSR count). The van der Waals surface area contributed by atoms with Gasteiger partial charge < -0.3 is 15.0 Å². The van der Waals surface area contributed by atoms with Crippen LogP contribution in [0.2, 0.25) is 0 Å². The fourth-order valence-corrected chi connectivity index (χ4v) is 1.81. The normalized spacial score (nSPS) is 9.68. The first kappa shape index (κ1) is 15.4.